The number of ether oxygens (including phenoxy) is 2. The van der Waals surface area contributed by atoms with Crippen molar-refractivity contribution in [3.8, 4) is 5.75 Å². The van der Waals surface area contributed by atoms with Gasteiger partial charge in [0.1, 0.15) is 5.75 Å². The first-order valence-corrected chi connectivity index (χ1v) is 10.7. The Balaban J connectivity index is 1.75. The molecule has 0 aromatic heterocycles. The maximum Gasteiger partial charge on any atom is 0.119 e. The van der Waals surface area contributed by atoms with E-state index in [1.165, 1.54) is 36.1 Å². The van der Waals surface area contributed by atoms with Gasteiger partial charge in [-0.15, -0.1) is 0 Å². The molecule has 0 amide bonds. The SMILES string of the molecule is COC[C@H]1CCC[C@]2(C)c3cc(OC)ccc3C(=NN3CCN(C)CC3)CC12. The minimum atomic E-state index is 0.173. The fourth-order valence-electron chi connectivity index (χ4n) is 5.63. The molecule has 1 unspecified atom stereocenters. The number of benzene rings is 1. The highest BCUT2D eigenvalue weighted by atomic mass is 16.5. The smallest absolute Gasteiger partial charge is 0.119 e. The van der Waals surface area contributed by atoms with Gasteiger partial charge < -0.3 is 14.4 Å². The molecule has 1 aromatic carbocycles. The lowest BCUT2D eigenvalue weighted by atomic mass is 9.54. The molecule has 1 heterocycles. The van der Waals surface area contributed by atoms with Crippen LogP contribution in [0.5, 0.6) is 5.75 Å². The molecule has 0 bridgehead atoms. The summed E-state index contributed by atoms with van der Waals surface area (Å²) >= 11 is 0. The minimum absolute atomic E-state index is 0.173. The summed E-state index contributed by atoms with van der Waals surface area (Å²) in [4.78, 5) is 2.38. The zero-order chi connectivity index (χ0) is 19.7. The Morgan fingerprint density at radius 2 is 1.96 bits per heavy atom. The Morgan fingerprint density at radius 1 is 1.18 bits per heavy atom. The van der Waals surface area contributed by atoms with Crippen molar-refractivity contribution < 1.29 is 9.47 Å². The van der Waals surface area contributed by atoms with Gasteiger partial charge in [-0.1, -0.05) is 13.3 Å². The van der Waals surface area contributed by atoms with E-state index in [0.29, 0.717) is 11.8 Å². The van der Waals surface area contributed by atoms with E-state index in [1.54, 1.807) is 7.11 Å². The van der Waals surface area contributed by atoms with E-state index in [0.717, 1.165) is 45.0 Å². The number of fused-ring (bicyclic) bond motifs is 3. The van der Waals surface area contributed by atoms with Crippen molar-refractivity contribution >= 4 is 5.71 Å². The second-order valence-electron chi connectivity index (χ2n) is 9.05. The molecule has 0 radical (unpaired) electrons. The highest BCUT2D eigenvalue weighted by Gasteiger charge is 2.48. The summed E-state index contributed by atoms with van der Waals surface area (Å²) in [5.41, 5.74) is 4.19. The molecule has 5 nitrogen and oxygen atoms in total. The molecule has 1 saturated carbocycles. The van der Waals surface area contributed by atoms with Gasteiger partial charge in [0.25, 0.3) is 0 Å². The van der Waals surface area contributed by atoms with Gasteiger partial charge >= 0.3 is 0 Å². The van der Waals surface area contributed by atoms with Crippen LogP contribution in [0.25, 0.3) is 0 Å². The minimum Gasteiger partial charge on any atom is -0.497 e. The van der Waals surface area contributed by atoms with E-state index in [1.807, 2.05) is 7.11 Å². The van der Waals surface area contributed by atoms with Crippen LogP contribution in [0, 0.1) is 11.8 Å². The summed E-state index contributed by atoms with van der Waals surface area (Å²) in [5, 5.41) is 7.46. The van der Waals surface area contributed by atoms with Gasteiger partial charge in [0.15, 0.2) is 0 Å². The Labute approximate surface area is 169 Å². The summed E-state index contributed by atoms with van der Waals surface area (Å²) in [6.07, 6.45) is 4.81. The Morgan fingerprint density at radius 3 is 2.68 bits per heavy atom. The van der Waals surface area contributed by atoms with Gasteiger partial charge in [-0.05, 0) is 67.3 Å². The predicted molar refractivity (Wildman–Crippen MR) is 113 cm³/mol. The molecule has 0 N–H and O–H groups in total. The third-order valence-electron chi connectivity index (χ3n) is 7.35. The molecule has 0 spiro atoms. The van der Waals surface area contributed by atoms with Gasteiger partial charge in [0.2, 0.25) is 0 Å². The molecular weight excluding hydrogens is 350 g/mol. The standard InChI is InChI=1S/C23H35N3O2/c1-23-9-5-6-17(16-27-3)20(23)15-22(24-26-12-10-25(2)11-13-26)19-8-7-18(28-4)14-21(19)23/h7-8,14,17,20H,5-6,9-13,15-16H2,1-4H3/t17-,20?,23+/m1/s1. The highest BCUT2D eigenvalue weighted by Crippen LogP contribution is 2.53. The first-order chi connectivity index (χ1) is 13.5. The Hall–Kier alpha value is -1.59. The van der Waals surface area contributed by atoms with E-state index in [2.05, 4.69) is 42.1 Å². The van der Waals surface area contributed by atoms with Crippen molar-refractivity contribution in [3.05, 3.63) is 29.3 Å². The fraction of sp³-hybridized carbons (Fsp3) is 0.696. The quantitative estimate of drug-likeness (QED) is 0.796. The fourth-order valence-corrected chi connectivity index (χ4v) is 5.63. The number of methoxy groups -OCH3 is 2. The number of likely N-dealkylation sites (N-methyl/N-ethyl adjacent to an activating group) is 1. The van der Waals surface area contributed by atoms with Gasteiger partial charge in [0.05, 0.1) is 12.8 Å². The molecule has 3 atom stereocenters. The first kappa shape index (κ1) is 19.7. The number of hydrogen-bond donors (Lipinski definition) is 0. The maximum atomic E-state index is 5.62. The average molecular weight is 386 g/mol. The largest absolute Gasteiger partial charge is 0.497 e. The van der Waals surface area contributed by atoms with Gasteiger partial charge in [-0.3, -0.25) is 5.01 Å². The van der Waals surface area contributed by atoms with Crippen molar-refractivity contribution in [2.45, 2.75) is 38.0 Å². The molecule has 28 heavy (non-hydrogen) atoms. The lowest BCUT2D eigenvalue weighted by Gasteiger charge is -2.50. The molecule has 3 aliphatic rings. The molecule has 4 rings (SSSR count). The van der Waals surface area contributed by atoms with E-state index < -0.39 is 0 Å². The third-order valence-corrected chi connectivity index (χ3v) is 7.35. The molecule has 2 fully saturated rings. The topological polar surface area (TPSA) is 37.3 Å². The molecule has 5 heteroatoms. The summed E-state index contributed by atoms with van der Waals surface area (Å²) in [6, 6.07) is 6.61. The van der Waals surface area contributed by atoms with Crippen molar-refractivity contribution in [1.29, 1.82) is 0 Å². The molecule has 1 aromatic rings. The van der Waals surface area contributed by atoms with Crippen LogP contribution in [0.2, 0.25) is 0 Å². The first-order valence-electron chi connectivity index (χ1n) is 10.7. The monoisotopic (exact) mass is 385 g/mol. The van der Waals surface area contributed by atoms with E-state index in [4.69, 9.17) is 14.6 Å². The predicted octanol–water partition coefficient (Wildman–Crippen LogP) is 3.37. The highest BCUT2D eigenvalue weighted by molar-refractivity contribution is 6.03. The summed E-state index contributed by atoms with van der Waals surface area (Å²) < 4.78 is 11.2. The molecule has 1 saturated heterocycles. The number of hydrazone groups is 1. The van der Waals surface area contributed by atoms with Crippen molar-refractivity contribution in [1.82, 2.24) is 9.91 Å². The Bertz CT molecular complexity index is 725. The summed E-state index contributed by atoms with van der Waals surface area (Å²) in [6.45, 7) is 7.50. The zero-order valence-corrected chi connectivity index (χ0v) is 17.9. The van der Waals surface area contributed by atoms with Crippen LogP contribution in [-0.4, -0.2) is 69.7 Å². The number of rotatable bonds is 4. The molecule has 2 aliphatic carbocycles. The molecule has 1 aliphatic heterocycles. The third kappa shape index (κ3) is 3.55. The van der Waals surface area contributed by atoms with Gasteiger partial charge in [-0.25, -0.2) is 0 Å². The maximum absolute atomic E-state index is 5.62. The second kappa shape index (κ2) is 8.03. The van der Waals surface area contributed by atoms with Crippen LogP contribution >= 0.6 is 0 Å². The van der Waals surface area contributed by atoms with Gasteiger partial charge in [-0.2, -0.15) is 5.10 Å². The van der Waals surface area contributed by atoms with E-state index in [9.17, 15) is 0 Å². The number of piperazine rings is 1. The summed E-state index contributed by atoms with van der Waals surface area (Å²) in [5.74, 6) is 2.13. The van der Waals surface area contributed by atoms with E-state index >= 15 is 0 Å². The lowest BCUT2D eigenvalue weighted by molar-refractivity contribution is 0.0516. The van der Waals surface area contributed by atoms with Crippen LogP contribution in [0.1, 0.15) is 43.7 Å². The molecular formula is C23H35N3O2. The van der Waals surface area contributed by atoms with Crippen LogP contribution in [-0.2, 0) is 10.2 Å². The van der Waals surface area contributed by atoms with Crippen LogP contribution < -0.4 is 4.74 Å². The van der Waals surface area contributed by atoms with Crippen molar-refractivity contribution in [2.24, 2.45) is 16.9 Å². The normalized spacial score (nSPS) is 32.1. The van der Waals surface area contributed by atoms with Crippen LogP contribution in [0.4, 0.5) is 0 Å². The second-order valence-corrected chi connectivity index (χ2v) is 9.05. The van der Waals surface area contributed by atoms with Crippen molar-refractivity contribution in [3.63, 3.8) is 0 Å². The van der Waals surface area contributed by atoms with Crippen LogP contribution in [0.15, 0.2) is 23.3 Å². The average Bonchev–Trinajstić information content (AvgIpc) is 2.71. The summed E-state index contributed by atoms with van der Waals surface area (Å²) in [7, 11) is 5.79. The zero-order valence-electron chi connectivity index (χ0n) is 17.9. The lowest BCUT2D eigenvalue weighted by Crippen LogP contribution is -2.48. The number of nitrogens with zero attached hydrogens (tertiary/aromatic N) is 3. The van der Waals surface area contributed by atoms with Crippen molar-refractivity contribution in [2.75, 3.05) is 54.1 Å². The Kier molecular flexibility index (Phi) is 5.66. The van der Waals surface area contributed by atoms with E-state index in [-0.39, 0.29) is 5.41 Å². The van der Waals surface area contributed by atoms with Gasteiger partial charge in [0, 0.05) is 45.5 Å². The molecule has 154 valence electrons. The van der Waals surface area contributed by atoms with Crippen LogP contribution in [0.3, 0.4) is 0 Å². The number of hydrogen-bond acceptors (Lipinski definition) is 5.